The number of nitrogens with zero attached hydrogens (tertiary/aromatic N) is 1. The van der Waals surface area contributed by atoms with Crippen molar-refractivity contribution in [1.29, 1.82) is 0 Å². The van der Waals surface area contributed by atoms with Crippen molar-refractivity contribution in [2.24, 2.45) is 4.99 Å². The van der Waals surface area contributed by atoms with E-state index in [0.717, 1.165) is 5.56 Å². The quantitative estimate of drug-likeness (QED) is 0.510. The number of carboxylic acids is 1. The monoisotopic (exact) mass is 227 g/mol. The van der Waals surface area contributed by atoms with E-state index in [1.807, 2.05) is 30.3 Å². The number of aliphatic imine (C=N–C) groups is 1. The van der Waals surface area contributed by atoms with E-state index in [1.54, 1.807) is 0 Å². The third kappa shape index (κ3) is 3.33. The van der Waals surface area contributed by atoms with E-state index >= 15 is 0 Å². The van der Waals surface area contributed by atoms with E-state index in [1.165, 1.54) is 0 Å². The van der Waals surface area contributed by atoms with Crippen molar-refractivity contribution < 1.29 is 44.2 Å². The fourth-order valence-electron chi connectivity index (χ4n) is 1.52. The minimum absolute atomic E-state index is 0. The minimum atomic E-state index is -1.34. The molecule has 1 atom stereocenters. The molecule has 2 rings (SSSR count). The Morgan fingerprint density at radius 2 is 2.12 bits per heavy atom. The van der Waals surface area contributed by atoms with Crippen molar-refractivity contribution in [3.8, 4) is 0 Å². The van der Waals surface area contributed by atoms with Crippen molar-refractivity contribution in [3.05, 3.63) is 35.9 Å². The van der Waals surface area contributed by atoms with Crippen LogP contribution in [0.5, 0.6) is 0 Å². The maximum Gasteiger partial charge on any atom is 1.00 e. The van der Waals surface area contributed by atoms with E-state index in [2.05, 4.69) is 4.99 Å². The summed E-state index contributed by atoms with van der Waals surface area (Å²) in [6, 6.07) is 9.66. The molecule has 1 heterocycles. The number of carbonyl (C=O) groups excluding carboxylic acids is 1. The van der Waals surface area contributed by atoms with Gasteiger partial charge in [-0.25, -0.2) is 4.99 Å². The first-order valence-corrected chi connectivity index (χ1v) is 4.71. The van der Waals surface area contributed by atoms with Crippen LogP contribution in [-0.4, -0.2) is 24.5 Å². The minimum Gasteiger partial charge on any atom is -0.540 e. The molecule has 0 aliphatic carbocycles. The zero-order chi connectivity index (χ0) is 10.7. The summed E-state index contributed by atoms with van der Waals surface area (Å²) in [4.78, 5) is 14.3. The van der Waals surface area contributed by atoms with Gasteiger partial charge in [0.2, 0.25) is 5.90 Å². The Hall–Kier alpha value is -0.840. The predicted molar refractivity (Wildman–Crippen MR) is 52.3 cm³/mol. The number of ether oxygens (including phenoxy) is 1. The molecule has 5 heteroatoms. The Balaban J connectivity index is 0.00000128. The summed E-state index contributed by atoms with van der Waals surface area (Å²) in [5.41, 5.74) is 1.12. The van der Waals surface area contributed by atoms with Crippen LogP contribution < -0.4 is 34.7 Å². The average molecular weight is 227 g/mol. The summed E-state index contributed by atoms with van der Waals surface area (Å²) in [5.74, 6) is -1.62. The van der Waals surface area contributed by atoms with Gasteiger partial charge in [-0.2, -0.15) is 0 Å². The number of carboxylic acid groups (broad SMARTS) is 1. The molecule has 0 N–H and O–H groups in total. The molecule has 1 aromatic carbocycles. The molecule has 0 aromatic heterocycles. The van der Waals surface area contributed by atoms with Crippen LogP contribution in [0.25, 0.3) is 0 Å². The smallest absolute Gasteiger partial charge is 0.540 e. The SMILES string of the molecule is O=C([O-])C1=N[C@@H](Cc2ccccc2)CO1.[Na+]. The molecule has 1 aliphatic rings. The van der Waals surface area contributed by atoms with Gasteiger partial charge in [-0.05, 0) is 12.0 Å². The van der Waals surface area contributed by atoms with Crippen molar-refractivity contribution >= 4 is 11.9 Å². The number of hydrogen-bond donors (Lipinski definition) is 0. The second-order valence-corrected chi connectivity index (χ2v) is 3.38. The molecule has 0 spiro atoms. The van der Waals surface area contributed by atoms with Crippen molar-refractivity contribution in [2.45, 2.75) is 12.5 Å². The standard InChI is InChI=1S/C11H11NO3.Na/c13-11(14)10-12-9(7-15-10)6-8-4-2-1-3-5-8;/h1-5,9H,6-7H2,(H,13,14);/q;+1/p-1/t9-;/m0./s1. The fraction of sp³-hybridized carbons (Fsp3) is 0.273. The van der Waals surface area contributed by atoms with Crippen molar-refractivity contribution in [1.82, 2.24) is 0 Å². The molecular weight excluding hydrogens is 217 g/mol. The average Bonchev–Trinajstić information content (AvgIpc) is 2.68. The van der Waals surface area contributed by atoms with Gasteiger partial charge >= 0.3 is 29.6 Å². The number of aliphatic carboxylic acids is 1. The molecule has 0 radical (unpaired) electrons. The number of hydrogen-bond acceptors (Lipinski definition) is 4. The van der Waals surface area contributed by atoms with Crippen molar-refractivity contribution in [2.75, 3.05) is 6.61 Å². The van der Waals surface area contributed by atoms with E-state index in [4.69, 9.17) is 4.74 Å². The second-order valence-electron chi connectivity index (χ2n) is 3.38. The normalized spacial score (nSPS) is 18.2. The molecule has 1 aliphatic heterocycles. The first-order chi connectivity index (χ1) is 7.25. The van der Waals surface area contributed by atoms with Gasteiger partial charge in [0.1, 0.15) is 12.6 Å². The fourth-order valence-corrected chi connectivity index (χ4v) is 1.52. The van der Waals surface area contributed by atoms with Gasteiger partial charge in [-0.3, -0.25) is 0 Å². The Kier molecular flexibility index (Phi) is 4.99. The van der Waals surface area contributed by atoms with Crippen LogP contribution in [0.2, 0.25) is 0 Å². The van der Waals surface area contributed by atoms with Gasteiger partial charge in [-0.15, -0.1) is 0 Å². The van der Waals surface area contributed by atoms with E-state index in [9.17, 15) is 9.90 Å². The summed E-state index contributed by atoms with van der Waals surface area (Å²) in [7, 11) is 0. The van der Waals surface area contributed by atoms with Gasteiger partial charge < -0.3 is 14.6 Å². The molecule has 0 saturated carbocycles. The summed E-state index contributed by atoms with van der Waals surface area (Å²) in [6.45, 7) is 0.318. The third-order valence-corrected chi connectivity index (χ3v) is 2.20. The zero-order valence-electron chi connectivity index (χ0n) is 9.05. The van der Waals surface area contributed by atoms with E-state index in [-0.39, 0.29) is 41.5 Å². The summed E-state index contributed by atoms with van der Waals surface area (Å²) in [6.07, 6.45) is 0.692. The number of rotatable bonds is 3. The summed E-state index contributed by atoms with van der Waals surface area (Å²) in [5, 5.41) is 10.4. The summed E-state index contributed by atoms with van der Waals surface area (Å²) >= 11 is 0. The molecule has 0 unspecified atom stereocenters. The Bertz CT molecular complexity index is 391. The molecule has 0 fully saturated rings. The Morgan fingerprint density at radius 3 is 2.69 bits per heavy atom. The van der Waals surface area contributed by atoms with Crippen LogP contribution in [0.15, 0.2) is 35.3 Å². The van der Waals surface area contributed by atoms with Gasteiger partial charge in [0.15, 0.2) is 0 Å². The number of carbonyl (C=O) groups is 1. The van der Waals surface area contributed by atoms with Crippen molar-refractivity contribution in [3.63, 3.8) is 0 Å². The molecular formula is C11H10NNaO3. The van der Waals surface area contributed by atoms with Gasteiger partial charge in [0, 0.05) is 0 Å². The zero-order valence-corrected chi connectivity index (χ0v) is 11.1. The van der Waals surface area contributed by atoms with Gasteiger partial charge in [-0.1, -0.05) is 30.3 Å². The van der Waals surface area contributed by atoms with Crippen LogP contribution >= 0.6 is 0 Å². The topological polar surface area (TPSA) is 61.7 Å². The van der Waals surface area contributed by atoms with Crippen LogP contribution in [0.4, 0.5) is 0 Å². The van der Waals surface area contributed by atoms with Crippen LogP contribution in [0, 0.1) is 0 Å². The largest absolute Gasteiger partial charge is 1.00 e. The maximum absolute atomic E-state index is 10.4. The van der Waals surface area contributed by atoms with Gasteiger partial charge in [0.05, 0.1) is 6.04 Å². The second kappa shape index (κ2) is 6.03. The molecule has 4 nitrogen and oxygen atoms in total. The predicted octanol–water partition coefficient (Wildman–Crippen LogP) is -3.22. The van der Waals surface area contributed by atoms with Crippen LogP contribution in [0.3, 0.4) is 0 Å². The molecule has 78 valence electrons. The first-order valence-electron chi connectivity index (χ1n) is 4.71. The Morgan fingerprint density at radius 1 is 1.44 bits per heavy atom. The molecule has 0 amide bonds. The summed E-state index contributed by atoms with van der Waals surface area (Å²) < 4.78 is 4.89. The molecule has 1 aromatic rings. The number of benzene rings is 1. The molecule has 16 heavy (non-hydrogen) atoms. The van der Waals surface area contributed by atoms with Crippen LogP contribution in [-0.2, 0) is 16.0 Å². The Labute approximate surface area is 116 Å². The third-order valence-electron chi connectivity index (χ3n) is 2.20. The van der Waals surface area contributed by atoms with E-state index < -0.39 is 5.97 Å². The van der Waals surface area contributed by atoms with Crippen LogP contribution in [0.1, 0.15) is 5.56 Å². The molecule has 0 bridgehead atoms. The maximum atomic E-state index is 10.4. The first kappa shape index (κ1) is 13.2. The van der Waals surface area contributed by atoms with Gasteiger partial charge in [0.25, 0.3) is 0 Å². The molecule has 0 saturated heterocycles. The van der Waals surface area contributed by atoms with E-state index in [0.29, 0.717) is 13.0 Å².